The lowest BCUT2D eigenvalue weighted by Gasteiger charge is -2.09. The molecule has 1 amide bonds. The summed E-state index contributed by atoms with van der Waals surface area (Å²) in [6.07, 6.45) is 1.54. The molecular formula is C15H10BrN3O5S2. The zero-order chi connectivity index (χ0) is 18.6. The third-order valence-electron chi connectivity index (χ3n) is 4.05. The van der Waals surface area contributed by atoms with Crippen LogP contribution in [0.3, 0.4) is 0 Å². The smallest absolute Gasteiger partial charge is 0.358 e. The molecule has 0 saturated heterocycles. The van der Waals surface area contributed by atoms with Crippen LogP contribution in [-0.2, 0) is 14.9 Å². The predicted octanol–water partition coefficient (Wildman–Crippen LogP) is 2.08. The van der Waals surface area contributed by atoms with E-state index in [1.165, 1.54) is 33.9 Å². The maximum atomic E-state index is 12.7. The van der Waals surface area contributed by atoms with Gasteiger partial charge in [0.05, 0.1) is 5.92 Å². The van der Waals surface area contributed by atoms with E-state index >= 15 is 0 Å². The summed E-state index contributed by atoms with van der Waals surface area (Å²) in [7, 11) is -4.20. The Hall–Kier alpha value is -2.24. The number of amides is 1. The first-order valence-electron chi connectivity index (χ1n) is 7.30. The average Bonchev–Trinajstić information content (AvgIpc) is 3.20. The number of ketones is 1. The average molecular weight is 456 g/mol. The van der Waals surface area contributed by atoms with Gasteiger partial charge in [0, 0.05) is 23.6 Å². The third kappa shape index (κ3) is 2.63. The Balaban J connectivity index is 1.73. The van der Waals surface area contributed by atoms with E-state index in [0.29, 0.717) is 10.5 Å². The first-order valence-corrected chi connectivity index (χ1v) is 10.4. The van der Waals surface area contributed by atoms with Crippen LogP contribution in [0.25, 0.3) is 4.96 Å². The lowest BCUT2D eigenvalue weighted by atomic mass is 10.0. The number of aromatic nitrogens is 2. The summed E-state index contributed by atoms with van der Waals surface area (Å²) >= 11 is 4.41. The van der Waals surface area contributed by atoms with Gasteiger partial charge >= 0.3 is 10.1 Å². The van der Waals surface area contributed by atoms with Crippen molar-refractivity contribution in [1.82, 2.24) is 9.38 Å². The number of carbonyl (C=O) groups excluding carboxylic acids is 2. The normalized spacial score (nSPS) is 16.8. The highest BCUT2D eigenvalue weighted by Gasteiger charge is 2.34. The van der Waals surface area contributed by atoms with Crippen molar-refractivity contribution in [2.75, 3.05) is 0 Å². The number of nitrogens with zero attached hydrogens (tertiary/aromatic N) is 2. The molecule has 3 aromatic rings. The highest BCUT2D eigenvalue weighted by Crippen LogP contribution is 2.36. The van der Waals surface area contributed by atoms with E-state index in [1.54, 1.807) is 11.6 Å². The van der Waals surface area contributed by atoms with Crippen molar-refractivity contribution in [2.45, 2.75) is 17.4 Å². The Morgan fingerprint density at radius 2 is 2.19 bits per heavy atom. The van der Waals surface area contributed by atoms with Crippen LogP contribution >= 0.6 is 27.3 Å². The summed E-state index contributed by atoms with van der Waals surface area (Å²) < 4.78 is 32.1. The fourth-order valence-corrected chi connectivity index (χ4v) is 5.84. The Bertz CT molecular complexity index is 1180. The molecule has 4 rings (SSSR count). The van der Waals surface area contributed by atoms with Crippen molar-refractivity contribution >= 4 is 54.0 Å². The molecule has 1 unspecified atom stereocenters. The number of rotatable bonds is 4. The number of hydrogen-bond acceptors (Lipinski definition) is 7. The molecule has 0 aliphatic heterocycles. The molecule has 0 spiro atoms. The number of primary amides is 1. The fraction of sp³-hybridized carbons (Fsp3) is 0.133. The number of benzene rings is 1. The van der Waals surface area contributed by atoms with E-state index in [-0.39, 0.29) is 33.1 Å². The number of fused-ring (bicyclic) bond motifs is 2. The number of halogens is 1. The molecule has 26 heavy (non-hydrogen) atoms. The van der Waals surface area contributed by atoms with Crippen LogP contribution in [-0.4, -0.2) is 29.5 Å². The standard InChI is InChI=1S/C15H10BrN3O5S2/c16-12-14(19-3-4-25-15(19)18-12)26(22,23)24-7-1-2-8-9(5-7)11(20)6-10(8)13(17)21/h1-5,10H,6H2,(H2,17,21). The van der Waals surface area contributed by atoms with Gasteiger partial charge < -0.3 is 9.92 Å². The molecule has 0 saturated carbocycles. The molecule has 1 aromatic carbocycles. The van der Waals surface area contributed by atoms with Crippen LogP contribution in [0, 0.1) is 0 Å². The van der Waals surface area contributed by atoms with Crippen LogP contribution in [0.5, 0.6) is 5.75 Å². The maximum Gasteiger partial charge on any atom is 0.358 e. The minimum atomic E-state index is -4.20. The molecule has 2 heterocycles. The Morgan fingerprint density at radius 1 is 1.42 bits per heavy atom. The molecule has 0 radical (unpaired) electrons. The molecular weight excluding hydrogens is 446 g/mol. The van der Waals surface area contributed by atoms with Crippen molar-refractivity contribution in [3.05, 3.63) is 45.5 Å². The SMILES string of the molecule is NC(=O)C1CC(=O)c2cc(OS(=O)(=O)c3c(Br)nc4sccn34)ccc21. The van der Waals surface area contributed by atoms with Gasteiger partial charge in [-0.25, -0.2) is 4.98 Å². The van der Waals surface area contributed by atoms with Crippen molar-refractivity contribution in [3.63, 3.8) is 0 Å². The number of nitrogens with two attached hydrogens (primary N) is 1. The lowest BCUT2D eigenvalue weighted by Crippen LogP contribution is -2.19. The van der Waals surface area contributed by atoms with Crippen LogP contribution in [0.2, 0.25) is 0 Å². The second-order valence-electron chi connectivity index (χ2n) is 5.63. The van der Waals surface area contributed by atoms with Gasteiger partial charge in [-0.15, -0.1) is 11.3 Å². The van der Waals surface area contributed by atoms with E-state index in [4.69, 9.17) is 9.92 Å². The second-order valence-corrected chi connectivity index (χ2v) is 8.72. The minimum absolute atomic E-state index is 0.0232. The van der Waals surface area contributed by atoms with Crippen LogP contribution in [0.4, 0.5) is 0 Å². The molecule has 2 aromatic heterocycles. The van der Waals surface area contributed by atoms with Gasteiger partial charge in [-0.3, -0.25) is 14.0 Å². The minimum Gasteiger partial charge on any atom is -0.378 e. The molecule has 1 aliphatic carbocycles. The van der Waals surface area contributed by atoms with E-state index in [9.17, 15) is 18.0 Å². The summed E-state index contributed by atoms with van der Waals surface area (Å²) in [5.41, 5.74) is 6.04. The summed E-state index contributed by atoms with van der Waals surface area (Å²) in [6.45, 7) is 0. The Morgan fingerprint density at radius 3 is 2.92 bits per heavy atom. The quantitative estimate of drug-likeness (QED) is 0.601. The summed E-state index contributed by atoms with van der Waals surface area (Å²) in [6, 6.07) is 4.20. The summed E-state index contributed by atoms with van der Waals surface area (Å²) in [4.78, 5) is 28.1. The highest BCUT2D eigenvalue weighted by atomic mass is 79.9. The lowest BCUT2D eigenvalue weighted by molar-refractivity contribution is -0.119. The van der Waals surface area contributed by atoms with E-state index in [0.717, 1.165) is 0 Å². The van der Waals surface area contributed by atoms with E-state index in [1.807, 2.05) is 0 Å². The molecule has 11 heteroatoms. The molecule has 8 nitrogen and oxygen atoms in total. The summed E-state index contributed by atoms with van der Waals surface area (Å²) in [5, 5.41) is 1.56. The Kier molecular flexibility index (Phi) is 3.90. The fourth-order valence-electron chi connectivity index (χ4n) is 2.92. The molecule has 1 atom stereocenters. The molecule has 0 fully saturated rings. The molecule has 1 aliphatic rings. The number of imidazole rings is 1. The first-order chi connectivity index (χ1) is 12.3. The van der Waals surface area contributed by atoms with Gasteiger partial charge in [0.15, 0.2) is 10.7 Å². The van der Waals surface area contributed by atoms with Crippen molar-refractivity contribution < 1.29 is 22.2 Å². The van der Waals surface area contributed by atoms with E-state index < -0.39 is 21.9 Å². The van der Waals surface area contributed by atoms with Gasteiger partial charge in [-0.05, 0) is 33.6 Å². The first kappa shape index (κ1) is 17.2. The highest BCUT2D eigenvalue weighted by molar-refractivity contribution is 9.10. The number of Topliss-reactive ketones (excluding diaryl/α,β-unsaturated/α-hetero) is 1. The van der Waals surface area contributed by atoms with Gasteiger partial charge in [-0.1, -0.05) is 6.07 Å². The number of carbonyl (C=O) groups is 2. The van der Waals surface area contributed by atoms with Crippen LogP contribution in [0.1, 0.15) is 28.3 Å². The Labute approximate surface area is 159 Å². The van der Waals surface area contributed by atoms with Crippen molar-refractivity contribution in [3.8, 4) is 5.75 Å². The molecule has 2 N–H and O–H groups in total. The topological polar surface area (TPSA) is 121 Å². The zero-order valence-corrected chi connectivity index (χ0v) is 16.1. The van der Waals surface area contributed by atoms with Gasteiger partial charge in [-0.2, -0.15) is 8.42 Å². The van der Waals surface area contributed by atoms with Gasteiger partial charge in [0.2, 0.25) is 10.9 Å². The maximum absolute atomic E-state index is 12.7. The summed E-state index contributed by atoms with van der Waals surface area (Å²) in [5.74, 6) is -1.60. The van der Waals surface area contributed by atoms with Crippen molar-refractivity contribution in [2.24, 2.45) is 5.73 Å². The zero-order valence-electron chi connectivity index (χ0n) is 12.9. The number of thiazole rings is 1. The van der Waals surface area contributed by atoms with Crippen LogP contribution in [0.15, 0.2) is 39.4 Å². The van der Waals surface area contributed by atoms with Gasteiger partial charge in [0.25, 0.3) is 0 Å². The molecule has 134 valence electrons. The van der Waals surface area contributed by atoms with Gasteiger partial charge in [0.1, 0.15) is 10.4 Å². The predicted molar refractivity (Wildman–Crippen MR) is 95.9 cm³/mol. The second kappa shape index (κ2) is 5.89. The monoisotopic (exact) mass is 455 g/mol. The van der Waals surface area contributed by atoms with Crippen LogP contribution < -0.4 is 9.92 Å². The third-order valence-corrected chi connectivity index (χ3v) is 6.90. The molecule has 0 bridgehead atoms. The van der Waals surface area contributed by atoms with Crippen molar-refractivity contribution in [1.29, 1.82) is 0 Å². The largest absolute Gasteiger partial charge is 0.378 e. The van der Waals surface area contributed by atoms with E-state index in [2.05, 4.69) is 20.9 Å². The number of hydrogen-bond donors (Lipinski definition) is 1.